The van der Waals surface area contributed by atoms with Gasteiger partial charge in [-0.05, 0) is 36.2 Å². The summed E-state index contributed by atoms with van der Waals surface area (Å²) in [6.45, 7) is 1.90. The van der Waals surface area contributed by atoms with Gasteiger partial charge in [0.25, 0.3) is 0 Å². The zero-order chi connectivity index (χ0) is 23.8. The fourth-order valence-corrected chi connectivity index (χ4v) is 4.87. The van der Waals surface area contributed by atoms with Gasteiger partial charge in [0.1, 0.15) is 16.2 Å². The van der Waals surface area contributed by atoms with E-state index in [0.717, 1.165) is 17.8 Å². The minimum Gasteiger partial charge on any atom is -0.376 e. The van der Waals surface area contributed by atoms with Gasteiger partial charge in [-0.1, -0.05) is 6.07 Å². The Morgan fingerprint density at radius 1 is 1.21 bits per heavy atom. The third-order valence-electron chi connectivity index (χ3n) is 4.63. The number of hydrogen-bond acceptors (Lipinski definition) is 7. The first-order chi connectivity index (χ1) is 15.6. The molecule has 4 rings (SSSR count). The van der Waals surface area contributed by atoms with Crippen LogP contribution in [0.25, 0.3) is 10.4 Å². The highest BCUT2D eigenvalue weighted by Gasteiger charge is 2.45. The fraction of sp³-hybridized carbons (Fsp3) is 0.316. The first kappa shape index (κ1) is 23.6. The molecule has 1 aliphatic heterocycles. The van der Waals surface area contributed by atoms with Crippen LogP contribution in [0.3, 0.4) is 0 Å². The largest absolute Gasteiger partial charge is 0.433 e. The van der Waals surface area contributed by atoms with Crippen molar-refractivity contribution in [3.63, 3.8) is 0 Å². The summed E-state index contributed by atoms with van der Waals surface area (Å²) in [5.41, 5.74) is -0.185. The lowest BCUT2D eigenvalue weighted by atomic mass is 10.0. The van der Waals surface area contributed by atoms with Crippen LogP contribution < -0.4 is 10.0 Å². The number of rotatable bonds is 7. The van der Waals surface area contributed by atoms with Crippen molar-refractivity contribution in [2.45, 2.75) is 24.4 Å². The highest BCUT2D eigenvalue weighted by molar-refractivity contribution is 7.83. The molecule has 2 aromatic heterocycles. The van der Waals surface area contributed by atoms with Gasteiger partial charge in [0.05, 0.1) is 18.1 Å². The minimum atomic E-state index is -4.60. The Hall–Kier alpha value is -2.55. The molecule has 0 spiro atoms. The van der Waals surface area contributed by atoms with Crippen molar-refractivity contribution in [3.8, 4) is 10.4 Å². The van der Waals surface area contributed by atoms with Gasteiger partial charge in [0.15, 0.2) is 11.0 Å². The van der Waals surface area contributed by atoms with Crippen LogP contribution in [0, 0.1) is 6.92 Å². The second-order valence-electron chi connectivity index (χ2n) is 7.24. The summed E-state index contributed by atoms with van der Waals surface area (Å²) in [5.74, 6) is -3.26. The monoisotopic (exact) mass is 505 g/mol. The smallest absolute Gasteiger partial charge is 0.376 e. The summed E-state index contributed by atoms with van der Waals surface area (Å²) in [6.07, 6.45) is -2.04. The van der Waals surface area contributed by atoms with Crippen molar-refractivity contribution < 1.29 is 30.9 Å². The molecular weight excluding hydrogens is 489 g/mol. The number of hydrogen-bond donors (Lipinski definition) is 2. The quantitative estimate of drug-likeness (QED) is 0.464. The standard InChI is InChI=1S/C19H16F5N5O2S2/c1-10-4-11(6-12(5-10)27-17-25-3-2-14(28-17)19(22,23)24)13-7-26-15(32-13)18(8-31-9-18)29-33(30)16(20)21/h2-7,16,29H,8-9H2,1H3,(H,25,27,28). The van der Waals surface area contributed by atoms with Crippen LogP contribution >= 0.6 is 11.3 Å². The molecule has 3 aromatic rings. The topological polar surface area (TPSA) is 89.0 Å². The summed E-state index contributed by atoms with van der Waals surface area (Å²) >= 11 is 1.21. The maximum atomic E-state index is 12.9. The number of halogens is 5. The molecule has 33 heavy (non-hydrogen) atoms. The first-order valence-electron chi connectivity index (χ1n) is 9.36. The molecule has 0 bridgehead atoms. The van der Waals surface area contributed by atoms with Crippen molar-refractivity contribution in [2.75, 3.05) is 18.5 Å². The predicted molar refractivity (Wildman–Crippen MR) is 112 cm³/mol. The molecule has 176 valence electrons. The van der Waals surface area contributed by atoms with E-state index in [-0.39, 0.29) is 19.2 Å². The normalized spacial score (nSPS) is 16.5. The van der Waals surface area contributed by atoms with Crippen LogP contribution in [0.5, 0.6) is 0 Å². The predicted octanol–water partition coefficient (Wildman–Crippen LogP) is 4.37. The second kappa shape index (κ2) is 9.00. The SMILES string of the molecule is Cc1cc(Nc2nccc(C(F)(F)F)n2)cc(-c2cnc(C3(NS(=O)C(F)F)COC3)s2)c1. The number of thiazole rings is 1. The molecule has 1 fully saturated rings. The number of alkyl halides is 5. The molecule has 2 N–H and O–H groups in total. The van der Waals surface area contributed by atoms with Gasteiger partial charge in [-0.2, -0.15) is 22.0 Å². The minimum absolute atomic E-state index is 0.0475. The number of benzene rings is 1. The van der Waals surface area contributed by atoms with Gasteiger partial charge in [-0.15, -0.1) is 11.3 Å². The van der Waals surface area contributed by atoms with Gasteiger partial charge in [-0.25, -0.2) is 23.9 Å². The van der Waals surface area contributed by atoms with E-state index in [4.69, 9.17) is 4.74 Å². The van der Waals surface area contributed by atoms with Crippen LogP contribution in [0.1, 0.15) is 16.3 Å². The number of nitrogens with one attached hydrogen (secondary N) is 2. The van der Waals surface area contributed by atoms with E-state index >= 15 is 0 Å². The van der Waals surface area contributed by atoms with E-state index < -0.39 is 34.2 Å². The number of anilines is 2. The lowest BCUT2D eigenvalue weighted by Gasteiger charge is -2.39. The van der Waals surface area contributed by atoms with Crippen molar-refractivity contribution in [1.29, 1.82) is 0 Å². The number of aryl methyl sites for hydroxylation is 1. The lowest BCUT2D eigenvalue weighted by Crippen LogP contribution is -2.58. The van der Waals surface area contributed by atoms with Gasteiger partial charge in [-0.3, -0.25) is 0 Å². The zero-order valence-corrected chi connectivity index (χ0v) is 18.5. The maximum absolute atomic E-state index is 12.9. The first-order valence-corrected chi connectivity index (χ1v) is 11.4. The van der Waals surface area contributed by atoms with Crippen molar-refractivity contribution in [1.82, 2.24) is 19.7 Å². The summed E-state index contributed by atoms with van der Waals surface area (Å²) in [4.78, 5) is 12.3. The molecule has 1 aliphatic rings. The molecular formula is C19H16F5N5O2S2. The van der Waals surface area contributed by atoms with Crippen molar-refractivity contribution in [2.24, 2.45) is 0 Å². The van der Waals surface area contributed by atoms with E-state index in [1.54, 1.807) is 25.3 Å². The third-order valence-corrected chi connectivity index (χ3v) is 6.80. The van der Waals surface area contributed by atoms with Crippen LogP contribution in [0.15, 0.2) is 36.7 Å². The van der Waals surface area contributed by atoms with Crippen LogP contribution in [0.4, 0.5) is 33.6 Å². The van der Waals surface area contributed by atoms with E-state index in [9.17, 15) is 26.2 Å². The fourth-order valence-electron chi connectivity index (χ4n) is 3.10. The van der Waals surface area contributed by atoms with E-state index in [1.807, 2.05) is 6.07 Å². The number of nitrogens with zero attached hydrogens (tertiary/aromatic N) is 3. The number of aromatic nitrogens is 3. The van der Waals surface area contributed by atoms with E-state index in [1.165, 1.54) is 11.3 Å². The lowest BCUT2D eigenvalue weighted by molar-refractivity contribution is -0.141. The highest BCUT2D eigenvalue weighted by atomic mass is 32.2. The average Bonchev–Trinajstić information content (AvgIpc) is 3.20. The maximum Gasteiger partial charge on any atom is 0.433 e. The summed E-state index contributed by atoms with van der Waals surface area (Å²) in [5, 5.41) is 3.21. The molecule has 14 heteroatoms. The zero-order valence-electron chi connectivity index (χ0n) is 16.8. The third kappa shape index (κ3) is 5.18. The molecule has 1 unspecified atom stereocenters. The molecule has 7 nitrogen and oxygen atoms in total. The molecule has 3 heterocycles. The van der Waals surface area contributed by atoms with Gasteiger partial charge in [0, 0.05) is 18.1 Å². The van der Waals surface area contributed by atoms with Crippen LogP contribution in [-0.2, 0) is 27.4 Å². The second-order valence-corrected chi connectivity index (χ2v) is 9.43. The molecule has 0 saturated carbocycles. The molecule has 0 amide bonds. The molecule has 0 radical (unpaired) electrons. The Bertz CT molecular complexity index is 1180. The molecule has 1 saturated heterocycles. The molecule has 1 atom stereocenters. The molecule has 1 aromatic carbocycles. The van der Waals surface area contributed by atoms with Crippen molar-refractivity contribution >= 4 is 34.0 Å². The summed E-state index contributed by atoms with van der Waals surface area (Å²) in [7, 11) is -2.56. The summed E-state index contributed by atoms with van der Waals surface area (Å²) in [6, 6.07) is 6.01. The van der Waals surface area contributed by atoms with Gasteiger partial charge in [0.2, 0.25) is 5.95 Å². The van der Waals surface area contributed by atoms with Crippen LogP contribution in [0.2, 0.25) is 0 Å². The van der Waals surface area contributed by atoms with E-state index in [2.05, 4.69) is 25.0 Å². The highest BCUT2D eigenvalue weighted by Crippen LogP contribution is 2.38. The Balaban J connectivity index is 1.59. The Labute approximate surface area is 191 Å². The van der Waals surface area contributed by atoms with Crippen LogP contribution in [-0.4, -0.2) is 38.1 Å². The summed E-state index contributed by atoms with van der Waals surface area (Å²) < 4.78 is 83.5. The van der Waals surface area contributed by atoms with Gasteiger partial charge >= 0.3 is 11.9 Å². The molecule has 0 aliphatic carbocycles. The Morgan fingerprint density at radius 3 is 2.61 bits per heavy atom. The Morgan fingerprint density at radius 2 is 1.97 bits per heavy atom. The van der Waals surface area contributed by atoms with E-state index in [0.29, 0.717) is 21.1 Å². The van der Waals surface area contributed by atoms with Crippen molar-refractivity contribution in [3.05, 3.63) is 52.9 Å². The van der Waals surface area contributed by atoms with Gasteiger partial charge < -0.3 is 10.1 Å². The Kier molecular flexibility index (Phi) is 6.44. The number of ether oxygens (including phenoxy) is 1. The average molecular weight is 505 g/mol.